The maximum atomic E-state index is 12.9. The number of carboxylic acids is 1. The summed E-state index contributed by atoms with van der Waals surface area (Å²) in [6, 6.07) is 1.97. The van der Waals surface area contributed by atoms with Crippen molar-refractivity contribution in [2.24, 2.45) is 0 Å². The Labute approximate surface area is 113 Å². The van der Waals surface area contributed by atoms with Gasteiger partial charge in [-0.25, -0.2) is 0 Å². The molecule has 0 fully saturated rings. The first-order valence-electron chi connectivity index (χ1n) is 5.69. The van der Waals surface area contributed by atoms with E-state index in [-0.39, 0.29) is 17.7 Å². The van der Waals surface area contributed by atoms with Gasteiger partial charge in [0.1, 0.15) is 5.56 Å². The van der Waals surface area contributed by atoms with Gasteiger partial charge in [-0.1, -0.05) is 13.8 Å². The first-order chi connectivity index (χ1) is 8.99. The zero-order chi connectivity index (χ0) is 15.7. The van der Waals surface area contributed by atoms with Crippen LogP contribution in [0.5, 0.6) is 11.5 Å². The Morgan fingerprint density at radius 2 is 1.85 bits per heavy atom. The van der Waals surface area contributed by atoms with Crippen LogP contribution in [0.3, 0.4) is 0 Å². The van der Waals surface area contributed by atoms with Crippen LogP contribution >= 0.6 is 0 Å². The summed E-state index contributed by atoms with van der Waals surface area (Å²) in [5.74, 6) is -2.47. The van der Waals surface area contributed by atoms with Crippen molar-refractivity contribution < 1.29 is 32.9 Å². The Hall–Kier alpha value is -1.92. The molecule has 4 nitrogen and oxygen atoms in total. The summed E-state index contributed by atoms with van der Waals surface area (Å²) in [6.45, 7) is 3.01. The molecule has 0 amide bonds. The summed E-state index contributed by atoms with van der Waals surface area (Å²) in [5, 5.41) is 18.4. The van der Waals surface area contributed by atoms with E-state index in [0.717, 1.165) is 13.2 Å². The molecule has 112 valence electrons. The standard InChI is InChI=1S/C13H15F3O4/c1-12(2,6-10(17)18)7-4-8(13(14,15)16)11(19)9(5-7)20-3/h4-5,19H,6H2,1-3H3,(H,17,18). The summed E-state index contributed by atoms with van der Waals surface area (Å²) in [7, 11) is 1.13. The molecule has 2 N–H and O–H groups in total. The number of benzene rings is 1. The van der Waals surface area contributed by atoms with Crippen LogP contribution in [0.4, 0.5) is 13.2 Å². The molecule has 0 unspecified atom stereocenters. The maximum Gasteiger partial charge on any atom is 0.420 e. The van der Waals surface area contributed by atoms with E-state index in [0.29, 0.717) is 0 Å². The van der Waals surface area contributed by atoms with Crippen LogP contribution in [0.25, 0.3) is 0 Å². The normalized spacial score (nSPS) is 12.3. The Balaban J connectivity index is 3.46. The zero-order valence-corrected chi connectivity index (χ0v) is 11.2. The van der Waals surface area contributed by atoms with Crippen molar-refractivity contribution in [3.05, 3.63) is 23.3 Å². The number of carboxylic acid groups (broad SMARTS) is 1. The van der Waals surface area contributed by atoms with Gasteiger partial charge in [0.25, 0.3) is 0 Å². The van der Waals surface area contributed by atoms with Gasteiger partial charge < -0.3 is 14.9 Å². The topological polar surface area (TPSA) is 66.8 Å². The molecule has 0 aliphatic heterocycles. The third-order valence-corrected chi connectivity index (χ3v) is 2.97. The summed E-state index contributed by atoms with van der Waals surface area (Å²) in [6.07, 6.45) is -5.11. The van der Waals surface area contributed by atoms with E-state index in [4.69, 9.17) is 9.84 Å². The van der Waals surface area contributed by atoms with Crippen molar-refractivity contribution in [2.75, 3.05) is 7.11 Å². The highest BCUT2D eigenvalue weighted by atomic mass is 19.4. The van der Waals surface area contributed by atoms with Gasteiger partial charge in [-0.2, -0.15) is 13.2 Å². The molecule has 0 spiro atoms. The largest absolute Gasteiger partial charge is 0.504 e. The van der Waals surface area contributed by atoms with Crippen molar-refractivity contribution in [1.82, 2.24) is 0 Å². The van der Waals surface area contributed by atoms with Gasteiger partial charge in [-0.3, -0.25) is 4.79 Å². The van der Waals surface area contributed by atoms with Crippen LogP contribution in [0.2, 0.25) is 0 Å². The summed E-state index contributed by atoms with van der Waals surface area (Å²) in [4.78, 5) is 10.8. The molecule has 0 radical (unpaired) electrons. The van der Waals surface area contributed by atoms with E-state index in [9.17, 15) is 23.1 Å². The monoisotopic (exact) mass is 292 g/mol. The van der Waals surface area contributed by atoms with Gasteiger partial charge in [0.15, 0.2) is 11.5 Å². The Kier molecular flexibility index (Phi) is 4.21. The SMILES string of the molecule is COc1cc(C(C)(C)CC(=O)O)cc(C(F)(F)F)c1O. The number of hydrogen-bond donors (Lipinski definition) is 2. The fourth-order valence-electron chi connectivity index (χ4n) is 1.85. The third-order valence-electron chi connectivity index (χ3n) is 2.97. The number of rotatable bonds is 4. The first-order valence-corrected chi connectivity index (χ1v) is 5.69. The van der Waals surface area contributed by atoms with Gasteiger partial charge in [-0.15, -0.1) is 0 Å². The van der Waals surface area contributed by atoms with Gasteiger partial charge in [-0.05, 0) is 17.7 Å². The average Bonchev–Trinajstić information content (AvgIpc) is 2.25. The zero-order valence-electron chi connectivity index (χ0n) is 11.2. The molecule has 0 saturated heterocycles. The minimum absolute atomic E-state index is 0.127. The highest BCUT2D eigenvalue weighted by molar-refractivity contribution is 5.69. The molecular formula is C13H15F3O4. The van der Waals surface area contributed by atoms with Crippen LogP contribution < -0.4 is 4.74 Å². The molecule has 0 aromatic heterocycles. The predicted molar refractivity (Wildman–Crippen MR) is 64.9 cm³/mol. The molecule has 0 heterocycles. The number of phenols is 1. The van der Waals surface area contributed by atoms with Crippen LogP contribution in [0.15, 0.2) is 12.1 Å². The van der Waals surface area contributed by atoms with E-state index in [1.165, 1.54) is 19.9 Å². The molecule has 0 atom stereocenters. The minimum Gasteiger partial charge on any atom is -0.504 e. The Bertz CT molecular complexity index is 521. The summed E-state index contributed by atoms with van der Waals surface area (Å²) in [5.41, 5.74) is -2.15. The Morgan fingerprint density at radius 1 is 1.30 bits per heavy atom. The van der Waals surface area contributed by atoms with E-state index >= 15 is 0 Å². The van der Waals surface area contributed by atoms with Crippen LogP contribution in [0.1, 0.15) is 31.4 Å². The molecule has 0 aliphatic rings. The Morgan fingerprint density at radius 3 is 2.25 bits per heavy atom. The first kappa shape index (κ1) is 16.1. The number of carbonyl (C=O) groups is 1. The van der Waals surface area contributed by atoms with E-state index in [2.05, 4.69) is 0 Å². The fraction of sp³-hybridized carbons (Fsp3) is 0.462. The van der Waals surface area contributed by atoms with Crippen molar-refractivity contribution in [2.45, 2.75) is 31.9 Å². The number of aliphatic carboxylic acids is 1. The average molecular weight is 292 g/mol. The number of phenolic OH excluding ortho intramolecular Hbond substituents is 1. The van der Waals surface area contributed by atoms with Crippen molar-refractivity contribution >= 4 is 5.97 Å². The van der Waals surface area contributed by atoms with E-state index in [1.807, 2.05) is 0 Å². The highest BCUT2D eigenvalue weighted by Gasteiger charge is 2.37. The number of aromatic hydroxyl groups is 1. The number of alkyl halides is 3. The second-order valence-corrected chi connectivity index (χ2v) is 5.03. The van der Waals surface area contributed by atoms with Crippen LogP contribution in [-0.4, -0.2) is 23.3 Å². The third kappa shape index (κ3) is 3.34. The molecule has 1 rings (SSSR count). The molecule has 0 saturated carbocycles. The molecular weight excluding hydrogens is 277 g/mol. The van der Waals surface area contributed by atoms with E-state index in [1.54, 1.807) is 0 Å². The predicted octanol–water partition coefficient (Wildman–Crippen LogP) is 3.17. The molecule has 20 heavy (non-hydrogen) atoms. The maximum absolute atomic E-state index is 12.9. The van der Waals surface area contributed by atoms with Gasteiger partial charge in [0, 0.05) is 5.41 Å². The summed E-state index contributed by atoms with van der Waals surface area (Å²) >= 11 is 0. The molecule has 0 aliphatic carbocycles. The number of ether oxygens (including phenoxy) is 1. The number of halogens is 3. The molecule has 0 bridgehead atoms. The molecule has 1 aromatic carbocycles. The van der Waals surface area contributed by atoms with Gasteiger partial charge in [0.2, 0.25) is 0 Å². The smallest absolute Gasteiger partial charge is 0.420 e. The second kappa shape index (κ2) is 5.22. The van der Waals surface area contributed by atoms with Crippen molar-refractivity contribution in [1.29, 1.82) is 0 Å². The lowest BCUT2D eigenvalue weighted by Crippen LogP contribution is -2.22. The fourth-order valence-corrected chi connectivity index (χ4v) is 1.85. The number of methoxy groups -OCH3 is 1. The van der Waals surface area contributed by atoms with Crippen LogP contribution in [-0.2, 0) is 16.4 Å². The lowest BCUT2D eigenvalue weighted by atomic mass is 9.80. The second-order valence-electron chi connectivity index (χ2n) is 5.03. The summed E-state index contributed by atoms with van der Waals surface area (Å²) < 4.78 is 43.3. The highest BCUT2D eigenvalue weighted by Crippen LogP contribution is 2.44. The quantitative estimate of drug-likeness (QED) is 0.894. The van der Waals surface area contributed by atoms with Crippen molar-refractivity contribution in [3.63, 3.8) is 0 Å². The molecule has 1 aromatic rings. The van der Waals surface area contributed by atoms with Gasteiger partial charge >= 0.3 is 12.1 Å². The van der Waals surface area contributed by atoms with E-state index < -0.39 is 28.9 Å². The lowest BCUT2D eigenvalue weighted by molar-refractivity contribution is -0.139. The van der Waals surface area contributed by atoms with Crippen LogP contribution in [0, 0.1) is 0 Å². The number of hydrogen-bond acceptors (Lipinski definition) is 3. The molecule has 7 heteroatoms. The van der Waals surface area contributed by atoms with Crippen molar-refractivity contribution in [3.8, 4) is 11.5 Å². The lowest BCUT2D eigenvalue weighted by Gasteiger charge is -2.25. The minimum atomic E-state index is -4.76. The van der Waals surface area contributed by atoms with Gasteiger partial charge in [0.05, 0.1) is 13.5 Å².